The summed E-state index contributed by atoms with van der Waals surface area (Å²) in [7, 11) is -3.87. The van der Waals surface area contributed by atoms with Gasteiger partial charge in [0, 0.05) is 67.6 Å². The number of pyridine rings is 1. The van der Waals surface area contributed by atoms with Crippen molar-refractivity contribution in [2.75, 3.05) is 30.9 Å². The van der Waals surface area contributed by atoms with Gasteiger partial charge in [-0.1, -0.05) is 42.5 Å². The van der Waals surface area contributed by atoms with E-state index < -0.39 is 10.0 Å². The number of nitrogens with two attached hydrogens (primary N) is 2. The minimum atomic E-state index is -3.87. The van der Waals surface area contributed by atoms with E-state index in [9.17, 15) is 13.2 Å². The van der Waals surface area contributed by atoms with Gasteiger partial charge in [-0.2, -0.15) is 0 Å². The van der Waals surface area contributed by atoms with E-state index in [0.717, 1.165) is 37.0 Å². The number of aromatic nitrogens is 1. The second-order valence-corrected chi connectivity index (χ2v) is 12.2. The van der Waals surface area contributed by atoms with E-state index in [4.69, 9.17) is 11.5 Å². The highest BCUT2D eigenvalue weighted by atomic mass is 32.2. The molecule has 4 aromatic rings. The maximum absolute atomic E-state index is 13.3. The number of hydrogen-bond donors (Lipinski definition) is 3. The van der Waals surface area contributed by atoms with Crippen molar-refractivity contribution in [3.63, 3.8) is 0 Å². The third kappa shape index (κ3) is 6.74. The van der Waals surface area contributed by atoms with Crippen LogP contribution in [0.1, 0.15) is 40.9 Å². The van der Waals surface area contributed by atoms with Crippen LogP contribution in [0.25, 0.3) is 10.9 Å². The van der Waals surface area contributed by atoms with Gasteiger partial charge in [0.1, 0.15) is 4.90 Å². The SMILES string of the molecule is CC(N)C(N)c1ccc(CN2CCCN(C(=O)c3ccc(NS(=O)(=O)c4cccc5cccnc45)cc3)CC2)cc1. The first-order valence-electron chi connectivity index (χ1n) is 13.8. The predicted octanol–water partition coefficient (Wildman–Crippen LogP) is 3.73. The maximum Gasteiger partial charge on any atom is 0.264 e. The zero-order valence-corrected chi connectivity index (χ0v) is 23.9. The molecule has 0 aliphatic carbocycles. The van der Waals surface area contributed by atoms with Crippen molar-refractivity contribution in [1.29, 1.82) is 0 Å². The van der Waals surface area contributed by atoms with Crippen molar-refractivity contribution < 1.29 is 13.2 Å². The van der Waals surface area contributed by atoms with Gasteiger partial charge in [0.2, 0.25) is 0 Å². The summed E-state index contributed by atoms with van der Waals surface area (Å²) in [6.07, 6.45) is 2.44. The number of sulfonamides is 1. The van der Waals surface area contributed by atoms with Gasteiger partial charge in [-0.25, -0.2) is 8.42 Å². The van der Waals surface area contributed by atoms with Crippen LogP contribution in [0.2, 0.25) is 0 Å². The molecule has 5 N–H and O–H groups in total. The number of nitrogens with zero attached hydrogens (tertiary/aromatic N) is 3. The first-order chi connectivity index (χ1) is 19.7. The molecule has 0 bridgehead atoms. The summed E-state index contributed by atoms with van der Waals surface area (Å²) in [5, 5.41) is 0.743. The summed E-state index contributed by atoms with van der Waals surface area (Å²) in [6, 6.07) is 23.2. The molecule has 10 heteroatoms. The number of anilines is 1. The van der Waals surface area contributed by atoms with Crippen LogP contribution in [-0.4, -0.2) is 61.3 Å². The predicted molar refractivity (Wildman–Crippen MR) is 162 cm³/mol. The Morgan fingerprint density at radius 3 is 2.39 bits per heavy atom. The van der Waals surface area contributed by atoms with E-state index in [1.54, 1.807) is 42.6 Å². The molecule has 0 spiro atoms. The van der Waals surface area contributed by atoms with Crippen molar-refractivity contribution in [3.05, 3.63) is 102 Å². The highest BCUT2D eigenvalue weighted by molar-refractivity contribution is 7.93. The Bertz CT molecular complexity index is 1600. The molecule has 3 aromatic carbocycles. The highest BCUT2D eigenvalue weighted by Crippen LogP contribution is 2.24. The van der Waals surface area contributed by atoms with Crippen LogP contribution in [0.15, 0.2) is 90.0 Å². The quantitative estimate of drug-likeness (QED) is 0.293. The van der Waals surface area contributed by atoms with Gasteiger partial charge in [0.05, 0.1) is 5.52 Å². The fourth-order valence-electron chi connectivity index (χ4n) is 5.11. The average Bonchev–Trinajstić information content (AvgIpc) is 3.22. The van der Waals surface area contributed by atoms with E-state index in [1.807, 2.05) is 36.1 Å². The zero-order chi connectivity index (χ0) is 29.0. The molecule has 41 heavy (non-hydrogen) atoms. The van der Waals surface area contributed by atoms with E-state index in [1.165, 1.54) is 11.6 Å². The number of benzene rings is 3. The molecule has 9 nitrogen and oxygen atoms in total. The van der Waals surface area contributed by atoms with Crippen LogP contribution in [0, 0.1) is 0 Å². The van der Waals surface area contributed by atoms with E-state index >= 15 is 0 Å². The van der Waals surface area contributed by atoms with E-state index in [2.05, 4.69) is 26.7 Å². The summed E-state index contributed by atoms with van der Waals surface area (Å²) in [4.78, 5) is 21.9. The highest BCUT2D eigenvalue weighted by Gasteiger charge is 2.22. The number of fused-ring (bicyclic) bond motifs is 1. The molecule has 1 fully saturated rings. The number of carbonyl (C=O) groups is 1. The van der Waals surface area contributed by atoms with Crippen molar-refractivity contribution >= 4 is 32.5 Å². The van der Waals surface area contributed by atoms with Crippen LogP contribution >= 0.6 is 0 Å². The van der Waals surface area contributed by atoms with Crippen molar-refractivity contribution in [3.8, 4) is 0 Å². The lowest BCUT2D eigenvalue weighted by molar-refractivity contribution is 0.0761. The zero-order valence-electron chi connectivity index (χ0n) is 23.1. The van der Waals surface area contributed by atoms with Crippen molar-refractivity contribution in [1.82, 2.24) is 14.8 Å². The lowest BCUT2D eigenvalue weighted by atomic mass is 10.0. The summed E-state index contributed by atoms with van der Waals surface area (Å²) in [6.45, 7) is 5.66. The number of rotatable bonds is 8. The van der Waals surface area contributed by atoms with Gasteiger partial charge in [0.15, 0.2) is 0 Å². The molecular weight excluding hydrogens is 536 g/mol. The molecule has 2 unspecified atom stereocenters. The normalized spacial score (nSPS) is 16.2. The third-order valence-corrected chi connectivity index (χ3v) is 8.90. The Kier molecular flexibility index (Phi) is 8.65. The lowest BCUT2D eigenvalue weighted by Gasteiger charge is -2.22. The molecule has 1 aliphatic rings. The van der Waals surface area contributed by atoms with Crippen LogP contribution < -0.4 is 16.2 Å². The molecule has 1 aliphatic heterocycles. The molecule has 1 saturated heterocycles. The molecule has 0 saturated carbocycles. The smallest absolute Gasteiger partial charge is 0.264 e. The molecule has 5 rings (SSSR count). The Labute approximate surface area is 241 Å². The van der Waals surface area contributed by atoms with Gasteiger partial charge in [-0.3, -0.25) is 19.4 Å². The number of carbonyl (C=O) groups excluding carboxylic acids is 1. The monoisotopic (exact) mass is 572 g/mol. The second kappa shape index (κ2) is 12.4. The van der Waals surface area contributed by atoms with Crippen LogP contribution in [0.3, 0.4) is 0 Å². The van der Waals surface area contributed by atoms with Crippen LogP contribution in [0.5, 0.6) is 0 Å². The maximum atomic E-state index is 13.3. The summed E-state index contributed by atoms with van der Waals surface area (Å²) < 4.78 is 28.8. The standard InChI is InChI=1S/C31H36N6O3S/c1-22(32)29(33)24-10-8-23(9-11-24)21-36-17-4-18-37(20-19-36)31(38)26-12-14-27(15-13-26)35-41(39,40)28-7-2-5-25-6-3-16-34-30(25)28/h2-3,5-16,22,29,35H,4,17-21,32-33H2,1H3. The minimum Gasteiger partial charge on any atom is -0.337 e. The summed E-state index contributed by atoms with van der Waals surface area (Å²) in [5.41, 5.74) is 15.6. The fourth-order valence-corrected chi connectivity index (χ4v) is 6.34. The number of hydrogen-bond acceptors (Lipinski definition) is 7. The summed E-state index contributed by atoms with van der Waals surface area (Å²) >= 11 is 0. The molecule has 1 amide bonds. The first kappa shape index (κ1) is 28.7. The third-order valence-electron chi connectivity index (χ3n) is 7.48. The number of amides is 1. The van der Waals surface area contributed by atoms with Crippen molar-refractivity contribution in [2.45, 2.75) is 36.9 Å². The Balaban J connectivity index is 1.19. The van der Waals surface area contributed by atoms with Crippen LogP contribution in [0.4, 0.5) is 5.69 Å². The van der Waals surface area contributed by atoms with Crippen LogP contribution in [-0.2, 0) is 16.6 Å². The molecular formula is C31H36N6O3S. The van der Waals surface area contributed by atoms with E-state index in [-0.39, 0.29) is 22.9 Å². The molecule has 214 valence electrons. The van der Waals surface area contributed by atoms with Crippen molar-refractivity contribution in [2.24, 2.45) is 11.5 Å². The van der Waals surface area contributed by atoms with Gasteiger partial charge in [-0.05, 0) is 60.9 Å². The van der Waals surface area contributed by atoms with Gasteiger partial charge >= 0.3 is 0 Å². The van der Waals surface area contributed by atoms with Gasteiger partial charge in [0.25, 0.3) is 15.9 Å². The average molecular weight is 573 g/mol. The van der Waals surface area contributed by atoms with Gasteiger partial charge < -0.3 is 16.4 Å². The molecule has 0 radical (unpaired) electrons. The molecule has 2 heterocycles. The number of para-hydroxylation sites is 1. The minimum absolute atomic E-state index is 0.0613. The Hall–Kier alpha value is -3.83. The lowest BCUT2D eigenvalue weighted by Crippen LogP contribution is -2.35. The second-order valence-electron chi connectivity index (χ2n) is 10.6. The molecule has 2 atom stereocenters. The Morgan fingerprint density at radius 1 is 0.927 bits per heavy atom. The van der Waals surface area contributed by atoms with Gasteiger partial charge in [-0.15, -0.1) is 0 Å². The molecule has 1 aromatic heterocycles. The number of nitrogens with one attached hydrogen (secondary N) is 1. The largest absolute Gasteiger partial charge is 0.337 e. The summed E-state index contributed by atoms with van der Waals surface area (Å²) in [5.74, 6) is -0.0613. The topological polar surface area (TPSA) is 135 Å². The Morgan fingerprint density at radius 2 is 1.66 bits per heavy atom. The van der Waals surface area contributed by atoms with E-state index in [0.29, 0.717) is 29.9 Å². The first-order valence-corrected chi connectivity index (χ1v) is 15.3. The fraction of sp³-hybridized carbons (Fsp3) is 0.290.